The zero-order chi connectivity index (χ0) is 35.2. The van der Waals surface area contributed by atoms with Crippen LogP contribution in [-0.4, -0.2) is 82.3 Å². The molecule has 0 saturated heterocycles. The summed E-state index contributed by atoms with van der Waals surface area (Å²) < 4.78 is 8.99. The van der Waals surface area contributed by atoms with Crippen LogP contribution in [0.2, 0.25) is 0 Å². The molecule has 0 radical (unpaired) electrons. The minimum Gasteiger partial charge on any atom is -0.494 e. The molecule has 0 fully saturated rings. The normalized spacial score (nSPS) is 17.5. The number of benzene rings is 3. The molecule has 6 bridgehead atoms. The van der Waals surface area contributed by atoms with Gasteiger partial charge in [-0.15, -0.1) is 11.3 Å². The summed E-state index contributed by atoms with van der Waals surface area (Å²) in [5.74, 6) is -0.337. The molecule has 51 heavy (non-hydrogen) atoms. The SMILES string of the molecule is O=C1CN(C(=O)/C=C/c2ccccc2)CCNC(=O)Cn2cnc3c2CCN(C(=O)c2csc4ccccc24)C3c2cccc(c2)OCCCN1. The maximum atomic E-state index is 14.3. The standard InChI is InChI=1S/C39H38N6O5S/c46-34-23-43(36(48)15-14-27-8-2-1-3-9-27)20-18-41-35(47)24-44-26-42-37-32(44)16-19-45(39(49)31-25-51-33-13-5-4-12-30(31)33)38(37)28-10-6-11-29(22-28)50-21-7-17-40-34/h1-6,8-15,22,25-26,38H,7,16-21,23-24H2,(H,40,46)(H,41,47)/b15-14+. The molecule has 1 unspecified atom stereocenters. The number of fused-ring (bicyclic) bond motifs is 4. The van der Waals surface area contributed by atoms with E-state index in [0.29, 0.717) is 43.9 Å². The molecule has 0 spiro atoms. The number of hydrogen-bond donors (Lipinski definition) is 2. The molecule has 4 amide bonds. The topological polar surface area (TPSA) is 126 Å². The van der Waals surface area contributed by atoms with Gasteiger partial charge in [0.25, 0.3) is 5.91 Å². The number of carbonyl (C=O) groups is 4. The summed E-state index contributed by atoms with van der Waals surface area (Å²) in [6.45, 7) is 1.32. The number of amides is 4. The molecular weight excluding hydrogens is 665 g/mol. The van der Waals surface area contributed by atoms with E-state index in [0.717, 1.165) is 32.6 Å². The van der Waals surface area contributed by atoms with Crippen LogP contribution in [-0.2, 0) is 27.3 Å². The van der Waals surface area contributed by atoms with E-state index in [2.05, 4.69) is 10.6 Å². The van der Waals surface area contributed by atoms with Gasteiger partial charge in [0.2, 0.25) is 17.7 Å². The second kappa shape index (κ2) is 15.4. The van der Waals surface area contributed by atoms with Gasteiger partial charge in [-0.1, -0.05) is 60.7 Å². The first-order valence-corrected chi connectivity index (χ1v) is 17.9. The molecule has 2 aliphatic heterocycles. The smallest absolute Gasteiger partial charge is 0.256 e. The van der Waals surface area contributed by atoms with Gasteiger partial charge in [0.15, 0.2) is 0 Å². The summed E-state index contributed by atoms with van der Waals surface area (Å²) in [6, 6.07) is 24.5. The Bertz CT molecular complexity index is 2090. The lowest BCUT2D eigenvalue weighted by Crippen LogP contribution is -2.44. The molecule has 2 aromatic heterocycles. The van der Waals surface area contributed by atoms with E-state index < -0.39 is 6.04 Å². The van der Waals surface area contributed by atoms with Gasteiger partial charge in [0, 0.05) is 59.8 Å². The van der Waals surface area contributed by atoms with E-state index in [-0.39, 0.29) is 49.8 Å². The molecule has 3 aromatic carbocycles. The van der Waals surface area contributed by atoms with Crippen molar-refractivity contribution in [1.82, 2.24) is 30.0 Å². The van der Waals surface area contributed by atoms with Crippen molar-refractivity contribution in [1.29, 1.82) is 0 Å². The first kappa shape index (κ1) is 33.7. The van der Waals surface area contributed by atoms with Crippen LogP contribution in [0.4, 0.5) is 0 Å². The number of carbonyl (C=O) groups excluding carboxylic acids is 4. The molecular formula is C39H38N6O5S. The Morgan fingerprint density at radius 3 is 2.59 bits per heavy atom. The van der Waals surface area contributed by atoms with Crippen LogP contribution >= 0.6 is 11.3 Å². The van der Waals surface area contributed by atoms with E-state index in [1.807, 2.05) is 93.7 Å². The summed E-state index contributed by atoms with van der Waals surface area (Å²) in [7, 11) is 0. The number of rotatable bonds is 3. The van der Waals surface area contributed by atoms with Crippen molar-refractivity contribution in [3.05, 3.63) is 125 Å². The minimum absolute atomic E-state index is 0.0175. The lowest BCUT2D eigenvalue weighted by atomic mass is 9.94. The second-order valence-corrected chi connectivity index (χ2v) is 13.4. The fraction of sp³-hybridized carbons (Fsp3) is 0.256. The van der Waals surface area contributed by atoms with E-state index in [1.54, 1.807) is 23.7 Å². The molecule has 260 valence electrons. The number of ether oxygens (including phenoxy) is 1. The van der Waals surface area contributed by atoms with Crippen molar-refractivity contribution in [2.45, 2.75) is 25.4 Å². The van der Waals surface area contributed by atoms with E-state index in [1.165, 1.54) is 11.0 Å². The number of thiophene rings is 1. The monoisotopic (exact) mass is 702 g/mol. The number of aromatic nitrogens is 2. The Hall–Kier alpha value is -5.75. The van der Waals surface area contributed by atoms with Crippen LogP contribution in [0.1, 0.15) is 45.3 Å². The molecule has 5 aromatic rings. The maximum Gasteiger partial charge on any atom is 0.256 e. The number of imidazole rings is 1. The van der Waals surface area contributed by atoms with E-state index >= 15 is 0 Å². The molecule has 0 aliphatic carbocycles. The first-order chi connectivity index (χ1) is 24.9. The van der Waals surface area contributed by atoms with Gasteiger partial charge >= 0.3 is 0 Å². The molecule has 12 heteroatoms. The summed E-state index contributed by atoms with van der Waals surface area (Å²) in [4.78, 5) is 61.7. The molecule has 0 saturated carbocycles. The zero-order valence-corrected chi connectivity index (χ0v) is 28.8. The van der Waals surface area contributed by atoms with E-state index in [4.69, 9.17) is 9.72 Å². The third-order valence-electron chi connectivity index (χ3n) is 9.08. The van der Waals surface area contributed by atoms with Crippen molar-refractivity contribution < 1.29 is 23.9 Å². The van der Waals surface area contributed by atoms with Crippen molar-refractivity contribution in [3.8, 4) is 5.75 Å². The first-order valence-electron chi connectivity index (χ1n) is 17.0. The third kappa shape index (κ3) is 7.71. The highest BCUT2D eigenvalue weighted by Gasteiger charge is 2.37. The summed E-state index contributed by atoms with van der Waals surface area (Å²) >= 11 is 1.55. The van der Waals surface area contributed by atoms with Gasteiger partial charge in [-0.3, -0.25) is 19.2 Å². The molecule has 1 atom stereocenters. The van der Waals surface area contributed by atoms with Crippen LogP contribution in [0, 0.1) is 0 Å². The average Bonchev–Trinajstić information content (AvgIpc) is 3.77. The van der Waals surface area contributed by atoms with E-state index in [9.17, 15) is 19.2 Å². The zero-order valence-electron chi connectivity index (χ0n) is 28.0. The van der Waals surface area contributed by atoms with Gasteiger partial charge in [-0.05, 0) is 41.8 Å². The fourth-order valence-electron chi connectivity index (χ4n) is 6.56. The van der Waals surface area contributed by atoms with Gasteiger partial charge in [0.1, 0.15) is 18.3 Å². The van der Waals surface area contributed by atoms with Crippen LogP contribution < -0.4 is 15.4 Å². The Morgan fingerprint density at radius 1 is 0.902 bits per heavy atom. The van der Waals surface area contributed by atoms with Crippen LogP contribution in [0.25, 0.3) is 16.2 Å². The Morgan fingerprint density at radius 2 is 1.71 bits per heavy atom. The fourth-order valence-corrected chi connectivity index (χ4v) is 7.49. The number of hydrogen-bond acceptors (Lipinski definition) is 7. The Kier molecular flexibility index (Phi) is 10.2. The lowest BCUT2D eigenvalue weighted by Gasteiger charge is -2.36. The highest BCUT2D eigenvalue weighted by molar-refractivity contribution is 7.17. The average molecular weight is 703 g/mol. The number of nitrogens with zero attached hydrogens (tertiary/aromatic N) is 4. The number of nitrogens with one attached hydrogen (secondary N) is 2. The predicted molar refractivity (Wildman–Crippen MR) is 195 cm³/mol. The minimum atomic E-state index is -0.499. The van der Waals surface area contributed by atoms with Gasteiger partial charge in [0.05, 0.1) is 30.7 Å². The maximum absolute atomic E-state index is 14.3. The summed E-state index contributed by atoms with van der Waals surface area (Å²) in [5.41, 5.74) is 3.97. The van der Waals surface area contributed by atoms with Gasteiger partial charge < -0.3 is 29.7 Å². The quantitative estimate of drug-likeness (QED) is 0.268. The third-order valence-corrected chi connectivity index (χ3v) is 10.0. The lowest BCUT2D eigenvalue weighted by molar-refractivity contribution is -0.132. The van der Waals surface area contributed by atoms with Gasteiger partial charge in [-0.25, -0.2) is 4.98 Å². The van der Waals surface area contributed by atoms with Crippen molar-refractivity contribution in [2.24, 2.45) is 0 Å². The molecule has 4 heterocycles. The molecule has 2 N–H and O–H groups in total. The van der Waals surface area contributed by atoms with Crippen molar-refractivity contribution in [2.75, 3.05) is 39.3 Å². The summed E-state index contributed by atoms with van der Waals surface area (Å²) in [5, 5.41) is 8.62. The molecule has 7 rings (SSSR count). The van der Waals surface area contributed by atoms with Crippen LogP contribution in [0.3, 0.4) is 0 Å². The Labute approximate surface area is 299 Å². The predicted octanol–water partition coefficient (Wildman–Crippen LogP) is 4.44. The second-order valence-electron chi connectivity index (χ2n) is 12.5. The molecule has 11 nitrogen and oxygen atoms in total. The molecule has 2 aliphatic rings. The van der Waals surface area contributed by atoms with Crippen molar-refractivity contribution in [3.63, 3.8) is 0 Å². The highest BCUT2D eigenvalue weighted by atomic mass is 32.1. The Balaban J connectivity index is 1.15. The van der Waals surface area contributed by atoms with Crippen LogP contribution in [0.5, 0.6) is 5.75 Å². The van der Waals surface area contributed by atoms with Gasteiger partial charge in [-0.2, -0.15) is 0 Å². The van der Waals surface area contributed by atoms with Crippen LogP contribution in [0.15, 0.2) is 96.6 Å². The highest BCUT2D eigenvalue weighted by Crippen LogP contribution is 2.38. The summed E-state index contributed by atoms with van der Waals surface area (Å²) in [6.07, 6.45) is 5.86. The van der Waals surface area contributed by atoms with Crippen molar-refractivity contribution >= 4 is 51.1 Å². The largest absolute Gasteiger partial charge is 0.494 e.